The first-order valence-corrected chi connectivity index (χ1v) is 7.63. The van der Waals surface area contributed by atoms with Crippen LogP contribution in [0.5, 0.6) is 0 Å². The first kappa shape index (κ1) is 16.8. The van der Waals surface area contributed by atoms with E-state index in [9.17, 15) is 19.5 Å². The Morgan fingerprint density at radius 1 is 1.35 bits per heavy atom. The number of amides is 3. The number of nitrogens with zero attached hydrogens (tertiary/aromatic N) is 1. The zero-order valence-electron chi connectivity index (χ0n) is 13.2. The first-order valence-electron chi connectivity index (χ1n) is 7.63. The van der Waals surface area contributed by atoms with Gasteiger partial charge in [-0.1, -0.05) is 20.3 Å². The van der Waals surface area contributed by atoms with Gasteiger partial charge in [-0.3, -0.25) is 9.69 Å². The molecule has 2 rings (SSSR count). The number of urea groups is 1. The van der Waals surface area contributed by atoms with Gasteiger partial charge in [0.25, 0.3) is 5.91 Å². The fraction of sp³-hybridized carbons (Fsp3) is 0.438. The van der Waals surface area contributed by atoms with E-state index in [4.69, 9.17) is 0 Å². The molecule has 124 valence electrons. The summed E-state index contributed by atoms with van der Waals surface area (Å²) in [6, 6.07) is 5.45. The lowest BCUT2D eigenvalue weighted by atomic mass is 9.99. The van der Waals surface area contributed by atoms with E-state index in [0.717, 1.165) is 0 Å². The molecule has 1 aliphatic rings. The third kappa shape index (κ3) is 3.80. The number of hydrogen-bond donors (Lipinski definition) is 3. The molecule has 1 fully saturated rings. The molecule has 0 saturated carbocycles. The smallest absolute Gasteiger partial charge is 0.326 e. The van der Waals surface area contributed by atoms with Crippen LogP contribution in [-0.4, -0.2) is 42.1 Å². The molecule has 1 heterocycles. The monoisotopic (exact) mass is 319 g/mol. The van der Waals surface area contributed by atoms with E-state index in [1.807, 2.05) is 6.92 Å². The van der Waals surface area contributed by atoms with Gasteiger partial charge in [-0.05, 0) is 30.2 Å². The SMILES string of the molecule is CC[C@H](C)[C@H](NC(=O)c1ccc(N2CCNC2=O)cc1)C(=O)O. The van der Waals surface area contributed by atoms with Crippen molar-refractivity contribution in [3.05, 3.63) is 29.8 Å². The molecule has 1 aromatic rings. The van der Waals surface area contributed by atoms with E-state index in [0.29, 0.717) is 30.8 Å². The molecule has 0 aromatic heterocycles. The maximum atomic E-state index is 12.2. The normalized spacial score (nSPS) is 16.6. The molecule has 0 bridgehead atoms. The Morgan fingerprint density at radius 2 is 2.00 bits per heavy atom. The van der Waals surface area contributed by atoms with Gasteiger partial charge >= 0.3 is 12.0 Å². The molecule has 23 heavy (non-hydrogen) atoms. The minimum atomic E-state index is -1.04. The van der Waals surface area contributed by atoms with E-state index >= 15 is 0 Å². The van der Waals surface area contributed by atoms with Crippen molar-refractivity contribution >= 4 is 23.6 Å². The highest BCUT2D eigenvalue weighted by Gasteiger charge is 2.26. The molecular formula is C16H21N3O4. The Hall–Kier alpha value is -2.57. The highest BCUT2D eigenvalue weighted by molar-refractivity contribution is 5.98. The van der Waals surface area contributed by atoms with Crippen LogP contribution in [0.4, 0.5) is 10.5 Å². The third-order valence-corrected chi connectivity index (χ3v) is 4.06. The van der Waals surface area contributed by atoms with E-state index in [2.05, 4.69) is 10.6 Å². The Morgan fingerprint density at radius 3 is 2.48 bits per heavy atom. The van der Waals surface area contributed by atoms with Crippen molar-refractivity contribution < 1.29 is 19.5 Å². The molecule has 1 saturated heterocycles. The van der Waals surface area contributed by atoms with Gasteiger partial charge in [0.2, 0.25) is 0 Å². The van der Waals surface area contributed by atoms with Gasteiger partial charge in [0.15, 0.2) is 0 Å². The second-order valence-corrected chi connectivity index (χ2v) is 5.61. The summed E-state index contributed by atoms with van der Waals surface area (Å²) in [5, 5.41) is 14.5. The number of carbonyl (C=O) groups excluding carboxylic acids is 2. The number of aliphatic carboxylic acids is 1. The van der Waals surface area contributed by atoms with Gasteiger partial charge < -0.3 is 15.7 Å². The van der Waals surface area contributed by atoms with Gasteiger partial charge in [0.1, 0.15) is 6.04 Å². The van der Waals surface area contributed by atoms with Gasteiger partial charge in [-0.2, -0.15) is 0 Å². The zero-order chi connectivity index (χ0) is 17.0. The quantitative estimate of drug-likeness (QED) is 0.739. The van der Waals surface area contributed by atoms with Crippen molar-refractivity contribution in [3.63, 3.8) is 0 Å². The summed E-state index contributed by atoms with van der Waals surface area (Å²) >= 11 is 0. The molecule has 3 amide bonds. The minimum Gasteiger partial charge on any atom is -0.480 e. The topological polar surface area (TPSA) is 98.7 Å². The summed E-state index contributed by atoms with van der Waals surface area (Å²) in [6.07, 6.45) is 0.653. The third-order valence-electron chi connectivity index (χ3n) is 4.06. The first-order chi connectivity index (χ1) is 10.9. The molecule has 7 nitrogen and oxygen atoms in total. The lowest BCUT2D eigenvalue weighted by Gasteiger charge is -2.20. The molecule has 7 heteroatoms. The van der Waals surface area contributed by atoms with Gasteiger partial charge in [0, 0.05) is 24.3 Å². The lowest BCUT2D eigenvalue weighted by Crippen LogP contribution is -2.45. The van der Waals surface area contributed by atoms with Crippen LogP contribution in [0, 0.1) is 5.92 Å². The van der Waals surface area contributed by atoms with Crippen LogP contribution in [0.15, 0.2) is 24.3 Å². The summed E-state index contributed by atoms with van der Waals surface area (Å²) < 4.78 is 0. The number of carboxylic acid groups (broad SMARTS) is 1. The number of hydrogen-bond acceptors (Lipinski definition) is 3. The summed E-state index contributed by atoms with van der Waals surface area (Å²) in [6.45, 7) is 4.84. The van der Waals surface area contributed by atoms with Gasteiger partial charge in [0.05, 0.1) is 0 Å². The summed E-state index contributed by atoms with van der Waals surface area (Å²) in [4.78, 5) is 36.7. The van der Waals surface area contributed by atoms with Crippen molar-refractivity contribution in [2.45, 2.75) is 26.3 Å². The van der Waals surface area contributed by atoms with Crippen LogP contribution in [0.1, 0.15) is 30.6 Å². The van der Waals surface area contributed by atoms with Crippen LogP contribution in [0.3, 0.4) is 0 Å². The van der Waals surface area contributed by atoms with Crippen molar-refractivity contribution in [1.29, 1.82) is 0 Å². The molecule has 0 unspecified atom stereocenters. The van der Waals surface area contributed by atoms with E-state index in [1.165, 1.54) is 0 Å². The highest BCUT2D eigenvalue weighted by Crippen LogP contribution is 2.17. The summed E-state index contributed by atoms with van der Waals surface area (Å²) in [7, 11) is 0. The lowest BCUT2D eigenvalue weighted by molar-refractivity contribution is -0.140. The summed E-state index contributed by atoms with van der Waals surface area (Å²) in [5.41, 5.74) is 1.07. The van der Waals surface area contributed by atoms with E-state index in [-0.39, 0.29) is 11.9 Å². The maximum Gasteiger partial charge on any atom is 0.326 e. The van der Waals surface area contributed by atoms with Crippen molar-refractivity contribution in [1.82, 2.24) is 10.6 Å². The number of benzene rings is 1. The Balaban J connectivity index is 2.07. The minimum absolute atomic E-state index is 0.162. The largest absolute Gasteiger partial charge is 0.480 e. The number of anilines is 1. The van der Waals surface area contributed by atoms with Crippen molar-refractivity contribution in [2.75, 3.05) is 18.0 Å². The second-order valence-electron chi connectivity index (χ2n) is 5.61. The molecule has 1 aliphatic heterocycles. The molecular weight excluding hydrogens is 298 g/mol. The van der Waals surface area contributed by atoms with Crippen molar-refractivity contribution in [3.8, 4) is 0 Å². The van der Waals surface area contributed by atoms with Gasteiger partial charge in [-0.15, -0.1) is 0 Å². The number of carbonyl (C=O) groups is 3. The second kappa shape index (κ2) is 7.13. The Bertz CT molecular complexity index is 600. The van der Waals surface area contributed by atoms with Crippen LogP contribution in [-0.2, 0) is 4.79 Å². The molecule has 0 aliphatic carbocycles. The zero-order valence-corrected chi connectivity index (χ0v) is 13.2. The van der Waals surface area contributed by atoms with Crippen LogP contribution in [0.25, 0.3) is 0 Å². The fourth-order valence-corrected chi connectivity index (χ4v) is 2.42. The molecule has 2 atom stereocenters. The van der Waals surface area contributed by atoms with E-state index < -0.39 is 17.9 Å². The number of nitrogens with one attached hydrogen (secondary N) is 2. The standard InChI is InChI=1S/C16H21N3O4/c1-3-10(2)13(15(21)22)18-14(20)11-4-6-12(7-5-11)19-9-8-17-16(19)23/h4-7,10,13H,3,8-9H2,1-2H3,(H,17,23)(H,18,20)(H,21,22)/t10-,13-/m0/s1. The molecule has 3 N–H and O–H groups in total. The van der Waals surface area contributed by atoms with Crippen molar-refractivity contribution in [2.24, 2.45) is 5.92 Å². The average Bonchev–Trinajstić information content (AvgIpc) is 2.97. The average molecular weight is 319 g/mol. The van der Waals surface area contributed by atoms with Crippen LogP contribution < -0.4 is 15.5 Å². The fourth-order valence-electron chi connectivity index (χ4n) is 2.42. The Labute approximate surface area is 134 Å². The Kier molecular flexibility index (Phi) is 5.20. The highest BCUT2D eigenvalue weighted by atomic mass is 16.4. The maximum absolute atomic E-state index is 12.2. The molecule has 1 aromatic carbocycles. The predicted octanol–water partition coefficient (Wildman–Crippen LogP) is 1.45. The van der Waals surface area contributed by atoms with E-state index in [1.54, 1.807) is 36.1 Å². The molecule has 0 radical (unpaired) electrons. The van der Waals surface area contributed by atoms with Crippen LogP contribution in [0.2, 0.25) is 0 Å². The number of rotatable bonds is 6. The predicted molar refractivity (Wildman–Crippen MR) is 85.5 cm³/mol. The molecule has 0 spiro atoms. The van der Waals surface area contributed by atoms with Crippen LogP contribution >= 0.6 is 0 Å². The summed E-state index contributed by atoms with van der Waals surface area (Å²) in [5.74, 6) is -1.64. The number of carboxylic acids is 1. The van der Waals surface area contributed by atoms with Gasteiger partial charge in [-0.25, -0.2) is 9.59 Å².